The molecule has 0 saturated carbocycles. The van der Waals surface area contributed by atoms with E-state index in [-0.39, 0.29) is 6.03 Å². The standard InChI is InChI=1S/C14H20N4O/c1-18(2)14(19)17-9-8-15-10-12-5-3-4-11-6-7-16-13(11)12/h3-7,15-16H,8-10H2,1-2H3,(H,17,19). The van der Waals surface area contributed by atoms with E-state index in [0.717, 1.165) is 13.1 Å². The Morgan fingerprint density at radius 1 is 1.26 bits per heavy atom. The first-order valence-electron chi connectivity index (χ1n) is 6.39. The molecule has 0 saturated heterocycles. The van der Waals surface area contributed by atoms with E-state index in [1.807, 2.05) is 6.20 Å². The second-order valence-electron chi connectivity index (χ2n) is 4.66. The maximum atomic E-state index is 11.3. The van der Waals surface area contributed by atoms with Crippen LogP contribution in [0.2, 0.25) is 0 Å². The fraction of sp³-hybridized carbons (Fsp3) is 0.357. The number of carbonyl (C=O) groups is 1. The van der Waals surface area contributed by atoms with Crippen LogP contribution in [0.4, 0.5) is 4.79 Å². The van der Waals surface area contributed by atoms with Crippen molar-refractivity contribution >= 4 is 16.9 Å². The third-order valence-electron chi connectivity index (χ3n) is 2.97. The Labute approximate surface area is 113 Å². The summed E-state index contributed by atoms with van der Waals surface area (Å²) in [5.41, 5.74) is 2.41. The van der Waals surface area contributed by atoms with Crippen molar-refractivity contribution in [2.75, 3.05) is 27.2 Å². The van der Waals surface area contributed by atoms with Crippen LogP contribution in [0.5, 0.6) is 0 Å². The van der Waals surface area contributed by atoms with Crippen LogP contribution in [0.25, 0.3) is 10.9 Å². The lowest BCUT2D eigenvalue weighted by atomic mass is 10.1. The molecule has 0 aliphatic carbocycles. The Balaban J connectivity index is 1.77. The van der Waals surface area contributed by atoms with Crippen LogP contribution >= 0.6 is 0 Å². The number of nitrogens with one attached hydrogen (secondary N) is 3. The van der Waals surface area contributed by atoms with E-state index < -0.39 is 0 Å². The fourth-order valence-corrected chi connectivity index (χ4v) is 1.94. The molecule has 0 atom stereocenters. The van der Waals surface area contributed by atoms with Crippen molar-refractivity contribution in [3.63, 3.8) is 0 Å². The van der Waals surface area contributed by atoms with Crippen LogP contribution in [0.15, 0.2) is 30.5 Å². The zero-order valence-corrected chi connectivity index (χ0v) is 11.4. The zero-order chi connectivity index (χ0) is 13.7. The molecule has 102 valence electrons. The van der Waals surface area contributed by atoms with Crippen LogP contribution in [0.1, 0.15) is 5.56 Å². The lowest BCUT2D eigenvalue weighted by Crippen LogP contribution is -2.38. The molecule has 0 radical (unpaired) electrons. The van der Waals surface area contributed by atoms with Crippen LogP contribution < -0.4 is 10.6 Å². The third-order valence-corrected chi connectivity index (χ3v) is 2.97. The molecule has 2 rings (SSSR count). The fourth-order valence-electron chi connectivity index (χ4n) is 1.94. The van der Waals surface area contributed by atoms with E-state index in [0.29, 0.717) is 6.54 Å². The van der Waals surface area contributed by atoms with E-state index in [4.69, 9.17) is 0 Å². The molecule has 2 amide bonds. The Hall–Kier alpha value is -2.01. The van der Waals surface area contributed by atoms with Gasteiger partial charge in [0, 0.05) is 45.4 Å². The molecule has 0 spiro atoms. The second-order valence-corrected chi connectivity index (χ2v) is 4.66. The number of hydrogen-bond acceptors (Lipinski definition) is 2. The number of carbonyl (C=O) groups excluding carboxylic acids is 1. The first kappa shape index (κ1) is 13.4. The van der Waals surface area contributed by atoms with Gasteiger partial charge in [-0.15, -0.1) is 0 Å². The average molecular weight is 260 g/mol. The van der Waals surface area contributed by atoms with Crippen molar-refractivity contribution in [3.05, 3.63) is 36.0 Å². The van der Waals surface area contributed by atoms with E-state index >= 15 is 0 Å². The van der Waals surface area contributed by atoms with Gasteiger partial charge < -0.3 is 20.5 Å². The third kappa shape index (κ3) is 3.48. The molecule has 0 unspecified atom stereocenters. The lowest BCUT2D eigenvalue weighted by molar-refractivity contribution is 0.217. The van der Waals surface area contributed by atoms with Crippen molar-refractivity contribution in [1.29, 1.82) is 0 Å². The number of rotatable bonds is 5. The van der Waals surface area contributed by atoms with Crippen molar-refractivity contribution in [2.45, 2.75) is 6.54 Å². The largest absolute Gasteiger partial charge is 0.361 e. The number of para-hydroxylation sites is 1. The van der Waals surface area contributed by atoms with Gasteiger partial charge in [-0.05, 0) is 17.0 Å². The van der Waals surface area contributed by atoms with Gasteiger partial charge in [-0.2, -0.15) is 0 Å². The van der Waals surface area contributed by atoms with E-state index in [1.54, 1.807) is 14.1 Å². The highest BCUT2D eigenvalue weighted by atomic mass is 16.2. The second kappa shape index (κ2) is 6.24. The summed E-state index contributed by atoms with van der Waals surface area (Å²) in [5, 5.41) is 7.36. The summed E-state index contributed by atoms with van der Waals surface area (Å²) in [6, 6.07) is 8.25. The number of H-pyrrole nitrogens is 1. The minimum absolute atomic E-state index is 0.0618. The molecular formula is C14H20N4O. The number of urea groups is 1. The zero-order valence-electron chi connectivity index (χ0n) is 11.4. The van der Waals surface area contributed by atoms with Crippen LogP contribution in [-0.2, 0) is 6.54 Å². The Morgan fingerprint density at radius 3 is 2.89 bits per heavy atom. The van der Waals surface area contributed by atoms with Crippen LogP contribution in [0.3, 0.4) is 0 Å². The van der Waals surface area contributed by atoms with Crippen molar-refractivity contribution in [3.8, 4) is 0 Å². The van der Waals surface area contributed by atoms with Gasteiger partial charge in [-0.3, -0.25) is 0 Å². The SMILES string of the molecule is CN(C)C(=O)NCCNCc1cccc2cc[nH]c12. The lowest BCUT2D eigenvalue weighted by Gasteiger charge is -2.12. The highest BCUT2D eigenvalue weighted by Crippen LogP contribution is 2.16. The topological polar surface area (TPSA) is 60.2 Å². The molecule has 3 N–H and O–H groups in total. The quantitative estimate of drug-likeness (QED) is 0.714. The molecular weight excluding hydrogens is 240 g/mol. The van der Waals surface area contributed by atoms with Gasteiger partial charge in [0.05, 0.1) is 0 Å². The first-order chi connectivity index (χ1) is 9.18. The summed E-state index contributed by atoms with van der Waals surface area (Å²) in [7, 11) is 3.46. The van der Waals surface area contributed by atoms with Gasteiger partial charge in [0.2, 0.25) is 0 Å². The highest BCUT2D eigenvalue weighted by Gasteiger charge is 2.02. The molecule has 0 bridgehead atoms. The molecule has 0 fully saturated rings. The van der Waals surface area contributed by atoms with Gasteiger partial charge in [0.15, 0.2) is 0 Å². The summed E-state index contributed by atoms with van der Waals surface area (Å²) >= 11 is 0. The van der Waals surface area contributed by atoms with Gasteiger partial charge in [-0.1, -0.05) is 18.2 Å². The number of aromatic amines is 1. The van der Waals surface area contributed by atoms with Crippen molar-refractivity contribution in [1.82, 2.24) is 20.5 Å². The van der Waals surface area contributed by atoms with Crippen LogP contribution in [0, 0.1) is 0 Å². The van der Waals surface area contributed by atoms with Gasteiger partial charge in [0.25, 0.3) is 0 Å². The number of nitrogens with zero attached hydrogens (tertiary/aromatic N) is 1. The molecule has 0 aliphatic rings. The smallest absolute Gasteiger partial charge is 0.316 e. The van der Waals surface area contributed by atoms with E-state index in [9.17, 15) is 4.79 Å². The van der Waals surface area contributed by atoms with E-state index in [1.165, 1.54) is 21.4 Å². The minimum Gasteiger partial charge on any atom is -0.361 e. The Morgan fingerprint density at radius 2 is 2.11 bits per heavy atom. The predicted octanol–water partition coefficient (Wildman–Crippen LogP) is 1.53. The number of hydrogen-bond donors (Lipinski definition) is 3. The van der Waals surface area contributed by atoms with Gasteiger partial charge in [0.1, 0.15) is 0 Å². The molecule has 1 aromatic carbocycles. The molecule has 5 nitrogen and oxygen atoms in total. The summed E-state index contributed by atoms with van der Waals surface area (Å²) in [4.78, 5) is 16.1. The molecule has 19 heavy (non-hydrogen) atoms. The normalized spacial score (nSPS) is 10.6. The molecule has 1 heterocycles. The maximum absolute atomic E-state index is 11.3. The monoisotopic (exact) mass is 260 g/mol. The molecule has 2 aromatic rings. The van der Waals surface area contributed by atoms with Gasteiger partial charge in [-0.25, -0.2) is 4.79 Å². The molecule has 5 heteroatoms. The van der Waals surface area contributed by atoms with Crippen molar-refractivity contribution in [2.24, 2.45) is 0 Å². The number of fused-ring (bicyclic) bond motifs is 1. The summed E-state index contributed by atoms with van der Waals surface area (Å²) in [6.45, 7) is 2.16. The summed E-state index contributed by atoms with van der Waals surface area (Å²) < 4.78 is 0. The minimum atomic E-state index is -0.0618. The first-order valence-corrected chi connectivity index (χ1v) is 6.39. The Kier molecular flexibility index (Phi) is 4.41. The summed E-state index contributed by atoms with van der Waals surface area (Å²) in [5.74, 6) is 0. The van der Waals surface area contributed by atoms with Gasteiger partial charge >= 0.3 is 6.03 Å². The average Bonchev–Trinajstić information content (AvgIpc) is 2.87. The maximum Gasteiger partial charge on any atom is 0.316 e. The Bertz CT molecular complexity index is 547. The van der Waals surface area contributed by atoms with Crippen molar-refractivity contribution < 1.29 is 4.79 Å². The number of benzene rings is 1. The van der Waals surface area contributed by atoms with E-state index in [2.05, 4.69) is 39.9 Å². The number of amides is 2. The molecule has 1 aromatic heterocycles. The number of aromatic nitrogens is 1. The summed E-state index contributed by atoms with van der Waals surface area (Å²) in [6.07, 6.45) is 1.95. The van der Waals surface area contributed by atoms with Crippen LogP contribution in [-0.4, -0.2) is 43.1 Å². The highest BCUT2D eigenvalue weighted by molar-refractivity contribution is 5.82. The molecule has 0 aliphatic heterocycles. The predicted molar refractivity (Wildman–Crippen MR) is 77.1 cm³/mol.